The summed E-state index contributed by atoms with van der Waals surface area (Å²) >= 11 is 0.747. The van der Waals surface area contributed by atoms with Crippen molar-refractivity contribution in [3.63, 3.8) is 0 Å². The maximum absolute atomic E-state index is 12.3. The van der Waals surface area contributed by atoms with Crippen LogP contribution >= 0.6 is 11.3 Å². The first-order valence-corrected chi connectivity index (χ1v) is 7.99. The Balaban J connectivity index is 3.18. The van der Waals surface area contributed by atoms with Crippen LogP contribution in [0.4, 0.5) is 0 Å². The molecule has 1 aromatic rings. The van der Waals surface area contributed by atoms with Crippen molar-refractivity contribution in [2.45, 2.75) is 23.1 Å². The number of carbonyl (C=O) groups excluding carboxylic acids is 1. The molecule has 10 heteroatoms. The Hall–Kier alpha value is -1.07. The molecule has 114 valence electrons. The summed E-state index contributed by atoms with van der Waals surface area (Å²) < 4.78 is 30.9. The third-order valence-electron chi connectivity index (χ3n) is 2.79. The fourth-order valence-electron chi connectivity index (χ4n) is 1.40. The maximum Gasteiger partial charge on any atom is 0.358 e. The molecule has 8 nitrogen and oxygen atoms in total. The molecular formula is C10H16N2O6S2. The van der Waals surface area contributed by atoms with Gasteiger partial charge in [0.05, 0.1) is 31.4 Å². The topological polar surface area (TPSA) is 126 Å². The highest BCUT2D eigenvalue weighted by atomic mass is 32.2. The Labute approximate surface area is 120 Å². The van der Waals surface area contributed by atoms with E-state index in [0.717, 1.165) is 18.4 Å². The maximum atomic E-state index is 12.3. The van der Waals surface area contributed by atoms with E-state index in [2.05, 4.69) is 14.4 Å². The molecule has 0 saturated heterocycles. The summed E-state index contributed by atoms with van der Waals surface area (Å²) in [5.74, 6) is -0.873. The first kappa shape index (κ1) is 17.0. The van der Waals surface area contributed by atoms with Crippen molar-refractivity contribution >= 4 is 27.3 Å². The van der Waals surface area contributed by atoms with Gasteiger partial charge in [-0.15, -0.1) is 11.3 Å². The smallest absolute Gasteiger partial charge is 0.358 e. The van der Waals surface area contributed by atoms with Gasteiger partial charge in [-0.25, -0.2) is 18.2 Å². The highest BCUT2D eigenvalue weighted by molar-refractivity contribution is 7.91. The standard InChI is InChI=1S/C10H16N2O6S2/c1-3-10(4-13,5-14)12-20(16,17)9-7(8(15)18-2)11-6-19-9/h6,12-14H,3-5H2,1-2H3. The molecule has 0 aliphatic carbocycles. The van der Waals surface area contributed by atoms with Crippen LogP contribution in [0.15, 0.2) is 9.72 Å². The fourth-order valence-corrected chi connectivity index (χ4v) is 3.99. The molecule has 0 saturated carbocycles. The lowest BCUT2D eigenvalue weighted by Crippen LogP contribution is -2.53. The Morgan fingerprint density at radius 1 is 1.50 bits per heavy atom. The van der Waals surface area contributed by atoms with E-state index in [9.17, 15) is 23.4 Å². The van der Waals surface area contributed by atoms with Gasteiger partial charge >= 0.3 is 5.97 Å². The number of aromatic nitrogens is 1. The van der Waals surface area contributed by atoms with Crippen LogP contribution in [0, 0.1) is 0 Å². The number of carbonyl (C=O) groups is 1. The zero-order valence-electron chi connectivity index (χ0n) is 11.0. The lowest BCUT2D eigenvalue weighted by Gasteiger charge is -2.28. The molecular weight excluding hydrogens is 308 g/mol. The molecule has 0 aliphatic heterocycles. The van der Waals surface area contributed by atoms with Gasteiger partial charge in [-0.3, -0.25) is 0 Å². The number of hydrogen-bond donors (Lipinski definition) is 3. The Morgan fingerprint density at radius 3 is 2.55 bits per heavy atom. The number of aliphatic hydroxyl groups excluding tert-OH is 2. The van der Waals surface area contributed by atoms with Gasteiger partial charge in [0.1, 0.15) is 0 Å². The second kappa shape index (κ2) is 6.59. The van der Waals surface area contributed by atoms with Gasteiger partial charge in [-0.1, -0.05) is 6.92 Å². The molecule has 20 heavy (non-hydrogen) atoms. The molecule has 0 unspecified atom stereocenters. The number of nitrogens with zero attached hydrogens (tertiary/aromatic N) is 1. The molecule has 0 aromatic carbocycles. The lowest BCUT2D eigenvalue weighted by molar-refractivity contribution is 0.0590. The van der Waals surface area contributed by atoms with Gasteiger partial charge < -0.3 is 14.9 Å². The minimum atomic E-state index is -4.11. The summed E-state index contributed by atoms with van der Waals surface area (Å²) in [5.41, 5.74) is -0.520. The molecule has 1 aromatic heterocycles. The molecule has 0 amide bonds. The monoisotopic (exact) mass is 324 g/mol. The molecule has 0 atom stereocenters. The number of nitrogens with one attached hydrogen (secondary N) is 1. The van der Waals surface area contributed by atoms with E-state index in [0.29, 0.717) is 0 Å². The van der Waals surface area contributed by atoms with Crippen LogP contribution in [0.3, 0.4) is 0 Å². The number of thiazole rings is 1. The molecule has 3 N–H and O–H groups in total. The van der Waals surface area contributed by atoms with Crippen LogP contribution in [0.2, 0.25) is 0 Å². The first-order chi connectivity index (χ1) is 9.35. The zero-order valence-corrected chi connectivity index (χ0v) is 12.6. The number of hydrogen-bond acceptors (Lipinski definition) is 8. The van der Waals surface area contributed by atoms with E-state index >= 15 is 0 Å². The zero-order chi connectivity index (χ0) is 15.4. The van der Waals surface area contributed by atoms with E-state index in [1.54, 1.807) is 6.92 Å². The predicted octanol–water partition coefficient (Wildman–Crippen LogP) is -0.659. The summed E-state index contributed by atoms with van der Waals surface area (Å²) in [5, 5.41) is 18.5. The summed E-state index contributed by atoms with van der Waals surface area (Å²) in [4.78, 5) is 15.1. The normalized spacial score (nSPS) is 12.4. The quantitative estimate of drug-likeness (QED) is 0.568. The molecule has 0 spiro atoms. The van der Waals surface area contributed by atoms with Crippen molar-refractivity contribution in [3.8, 4) is 0 Å². The number of esters is 1. The first-order valence-electron chi connectivity index (χ1n) is 5.63. The van der Waals surface area contributed by atoms with Crippen LogP contribution in [-0.2, 0) is 14.8 Å². The summed E-state index contributed by atoms with van der Waals surface area (Å²) in [6.45, 7) is 0.458. The van der Waals surface area contributed by atoms with E-state index in [1.165, 1.54) is 5.51 Å². The van der Waals surface area contributed by atoms with E-state index in [1.807, 2.05) is 0 Å². The van der Waals surface area contributed by atoms with Gasteiger partial charge in [0.15, 0.2) is 9.90 Å². The van der Waals surface area contributed by atoms with Crippen LogP contribution < -0.4 is 4.72 Å². The Morgan fingerprint density at radius 2 is 2.10 bits per heavy atom. The van der Waals surface area contributed by atoms with Gasteiger partial charge in [0.25, 0.3) is 10.0 Å². The van der Waals surface area contributed by atoms with Crippen molar-refractivity contribution in [3.05, 3.63) is 11.2 Å². The van der Waals surface area contributed by atoms with Crippen molar-refractivity contribution < 1.29 is 28.2 Å². The average molecular weight is 324 g/mol. The summed E-state index contributed by atoms with van der Waals surface area (Å²) in [6, 6.07) is 0. The largest absolute Gasteiger partial charge is 0.464 e. The number of ether oxygens (including phenoxy) is 1. The highest BCUT2D eigenvalue weighted by Gasteiger charge is 2.36. The average Bonchev–Trinajstić information content (AvgIpc) is 2.94. The highest BCUT2D eigenvalue weighted by Crippen LogP contribution is 2.23. The second-order valence-electron chi connectivity index (χ2n) is 4.04. The minimum absolute atomic E-state index is 0.172. The molecule has 1 rings (SSSR count). The number of aliphatic hydroxyl groups is 2. The van der Waals surface area contributed by atoms with Crippen LogP contribution in [-0.4, -0.2) is 55.4 Å². The van der Waals surface area contributed by atoms with Crippen molar-refractivity contribution in [2.75, 3.05) is 20.3 Å². The Kier molecular flexibility index (Phi) is 5.59. The number of sulfonamides is 1. The molecule has 1 heterocycles. The van der Waals surface area contributed by atoms with Crippen molar-refractivity contribution in [1.29, 1.82) is 0 Å². The molecule has 0 radical (unpaired) electrons. The third-order valence-corrected chi connectivity index (χ3v) is 5.74. The van der Waals surface area contributed by atoms with Crippen LogP contribution in [0.5, 0.6) is 0 Å². The van der Waals surface area contributed by atoms with Gasteiger partial charge in [0.2, 0.25) is 0 Å². The second-order valence-corrected chi connectivity index (χ2v) is 6.77. The predicted molar refractivity (Wildman–Crippen MR) is 71.0 cm³/mol. The number of methoxy groups -OCH3 is 1. The molecule has 0 fully saturated rings. The van der Waals surface area contributed by atoms with E-state index in [4.69, 9.17) is 0 Å². The SMILES string of the molecule is CCC(CO)(CO)NS(=O)(=O)c1scnc1C(=O)OC. The van der Waals surface area contributed by atoms with E-state index < -0.39 is 34.7 Å². The fraction of sp³-hybridized carbons (Fsp3) is 0.600. The third kappa shape index (κ3) is 3.33. The Bertz CT molecular complexity index is 556. The van der Waals surface area contributed by atoms with Gasteiger partial charge in [-0.05, 0) is 6.42 Å². The summed E-state index contributed by atoms with van der Waals surface area (Å²) in [7, 11) is -3.00. The lowest BCUT2D eigenvalue weighted by atomic mass is 10.0. The summed E-state index contributed by atoms with van der Waals surface area (Å²) in [6.07, 6.45) is 0.172. The number of rotatable bonds is 7. The van der Waals surface area contributed by atoms with E-state index in [-0.39, 0.29) is 16.3 Å². The van der Waals surface area contributed by atoms with Gasteiger partial charge in [-0.2, -0.15) is 4.72 Å². The van der Waals surface area contributed by atoms with Gasteiger partial charge in [0, 0.05) is 0 Å². The molecule has 0 aliphatic rings. The van der Waals surface area contributed by atoms with Crippen molar-refractivity contribution in [2.24, 2.45) is 0 Å². The van der Waals surface area contributed by atoms with Crippen LogP contribution in [0.1, 0.15) is 23.8 Å². The van der Waals surface area contributed by atoms with Crippen molar-refractivity contribution in [1.82, 2.24) is 9.71 Å². The van der Waals surface area contributed by atoms with Crippen LogP contribution in [0.25, 0.3) is 0 Å². The minimum Gasteiger partial charge on any atom is -0.464 e. The molecule has 0 bridgehead atoms.